The Morgan fingerprint density at radius 2 is 2.21 bits per heavy atom. The van der Waals surface area contributed by atoms with Crippen molar-refractivity contribution in [1.29, 1.82) is 0 Å². The molecule has 2 aromatic rings. The molecule has 0 bridgehead atoms. The summed E-state index contributed by atoms with van der Waals surface area (Å²) < 4.78 is 1.06. The highest BCUT2D eigenvalue weighted by molar-refractivity contribution is 9.10. The molecule has 0 aliphatic carbocycles. The van der Waals surface area contributed by atoms with Crippen LogP contribution in [0.2, 0.25) is 0 Å². The van der Waals surface area contributed by atoms with Gasteiger partial charge in [0.2, 0.25) is 0 Å². The van der Waals surface area contributed by atoms with E-state index < -0.39 is 4.92 Å². The van der Waals surface area contributed by atoms with Gasteiger partial charge in [0.15, 0.2) is 0 Å². The SMILES string of the molecule is CN(Cc1cc(Br)cs1)c1ccc([N+](=O)[O-])c(N)c1. The molecule has 0 spiro atoms. The highest BCUT2D eigenvalue weighted by atomic mass is 79.9. The molecule has 0 atom stereocenters. The molecule has 5 nitrogen and oxygen atoms in total. The summed E-state index contributed by atoms with van der Waals surface area (Å²) in [5.74, 6) is 0. The van der Waals surface area contributed by atoms with Gasteiger partial charge < -0.3 is 10.6 Å². The minimum atomic E-state index is -0.477. The first-order valence-electron chi connectivity index (χ1n) is 5.45. The van der Waals surface area contributed by atoms with E-state index in [1.165, 1.54) is 10.9 Å². The maximum atomic E-state index is 10.7. The topological polar surface area (TPSA) is 72.4 Å². The quantitative estimate of drug-likeness (QED) is 0.523. The Kier molecular flexibility index (Phi) is 4.06. The number of hydrogen-bond acceptors (Lipinski definition) is 5. The van der Waals surface area contributed by atoms with Crippen LogP contribution >= 0.6 is 27.3 Å². The van der Waals surface area contributed by atoms with Gasteiger partial charge in [-0.3, -0.25) is 10.1 Å². The van der Waals surface area contributed by atoms with Crippen LogP contribution in [0.3, 0.4) is 0 Å². The monoisotopic (exact) mass is 341 g/mol. The fourth-order valence-electron chi connectivity index (χ4n) is 1.71. The lowest BCUT2D eigenvalue weighted by Gasteiger charge is -2.18. The van der Waals surface area contributed by atoms with Crippen molar-refractivity contribution in [2.45, 2.75) is 6.54 Å². The zero-order valence-electron chi connectivity index (χ0n) is 10.2. The lowest BCUT2D eigenvalue weighted by molar-refractivity contribution is -0.383. The predicted octanol–water partition coefficient (Wildman–Crippen LogP) is 3.64. The smallest absolute Gasteiger partial charge is 0.292 e. The van der Waals surface area contributed by atoms with E-state index in [1.807, 2.05) is 17.3 Å². The number of halogens is 1. The summed E-state index contributed by atoms with van der Waals surface area (Å²) >= 11 is 5.07. The maximum Gasteiger partial charge on any atom is 0.292 e. The highest BCUT2D eigenvalue weighted by Crippen LogP contribution is 2.28. The summed E-state index contributed by atoms with van der Waals surface area (Å²) in [6, 6.07) is 6.82. The van der Waals surface area contributed by atoms with Crippen molar-refractivity contribution in [2.24, 2.45) is 0 Å². The lowest BCUT2D eigenvalue weighted by Crippen LogP contribution is -2.15. The molecule has 0 aliphatic rings. The van der Waals surface area contributed by atoms with Crippen LogP contribution in [0, 0.1) is 10.1 Å². The summed E-state index contributed by atoms with van der Waals surface area (Å²) in [7, 11) is 1.92. The molecular weight excluding hydrogens is 330 g/mol. The average molecular weight is 342 g/mol. The molecule has 7 heteroatoms. The van der Waals surface area contributed by atoms with Gasteiger partial charge in [0.25, 0.3) is 5.69 Å². The number of anilines is 2. The number of benzene rings is 1. The summed E-state index contributed by atoms with van der Waals surface area (Å²) in [5.41, 5.74) is 6.66. The Morgan fingerprint density at radius 1 is 1.47 bits per heavy atom. The zero-order chi connectivity index (χ0) is 14.0. The van der Waals surface area contributed by atoms with Gasteiger partial charge in [-0.05, 0) is 34.1 Å². The molecule has 1 aromatic carbocycles. The van der Waals surface area contributed by atoms with Crippen LogP contribution in [0.4, 0.5) is 17.1 Å². The van der Waals surface area contributed by atoms with Crippen molar-refractivity contribution in [2.75, 3.05) is 17.7 Å². The lowest BCUT2D eigenvalue weighted by atomic mass is 10.2. The minimum absolute atomic E-state index is 0.0592. The van der Waals surface area contributed by atoms with Crippen molar-refractivity contribution >= 4 is 44.3 Å². The molecule has 100 valence electrons. The molecule has 0 aliphatic heterocycles. The van der Waals surface area contributed by atoms with E-state index in [-0.39, 0.29) is 11.4 Å². The Bertz CT molecular complexity index is 615. The predicted molar refractivity (Wildman–Crippen MR) is 81.6 cm³/mol. The van der Waals surface area contributed by atoms with Crippen LogP contribution in [0.25, 0.3) is 0 Å². The number of hydrogen-bond donors (Lipinski definition) is 1. The summed E-state index contributed by atoms with van der Waals surface area (Å²) in [5, 5.41) is 12.7. The number of nitro benzene ring substituents is 1. The first-order chi connectivity index (χ1) is 8.97. The fourth-order valence-corrected chi connectivity index (χ4v) is 3.21. The number of nitro groups is 1. The van der Waals surface area contributed by atoms with E-state index in [9.17, 15) is 10.1 Å². The van der Waals surface area contributed by atoms with Gasteiger partial charge in [0, 0.05) is 33.5 Å². The van der Waals surface area contributed by atoms with E-state index in [4.69, 9.17) is 5.73 Å². The van der Waals surface area contributed by atoms with Gasteiger partial charge >= 0.3 is 0 Å². The normalized spacial score (nSPS) is 10.4. The first-order valence-corrected chi connectivity index (χ1v) is 7.12. The number of nitrogens with zero attached hydrogens (tertiary/aromatic N) is 2. The molecule has 0 saturated heterocycles. The van der Waals surface area contributed by atoms with Gasteiger partial charge in [-0.15, -0.1) is 11.3 Å². The standard InChI is InChI=1S/C12H12BrN3O2S/c1-15(6-10-4-8(13)7-19-10)9-2-3-12(16(17)18)11(14)5-9/h2-5,7H,6,14H2,1H3. The van der Waals surface area contributed by atoms with Crippen molar-refractivity contribution in [1.82, 2.24) is 0 Å². The van der Waals surface area contributed by atoms with Crippen LogP contribution in [0.15, 0.2) is 34.1 Å². The molecule has 0 amide bonds. The van der Waals surface area contributed by atoms with Crippen molar-refractivity contribution in [3.63, 3.8) is 0 Å². The van der Waals surface area contributed by atoms with Crippen molar-refractivity contribution in [3.8, 4) is 0 Å². The molecule has 0 unspecified atom stereocenters. The van der Waals surface area contributed by atoms with Crippen LogP contribution in [-0.2, 0) is 6.54 Å². The Balaban J connectivity index is 2.17. The third-order valence-electron chi connectivity index (χ3n) is 2.66. The molecule has 19 heavy (non-hydrogen) atoms. The second kappa shape index (κ2) is 5.58. The van der Waals surface area contributed by atoms with E-state index in [0.717, 1.165) is 16.7 Å². The molecule has 1 aromatic heterocycles. The summed E-state index contributed by atoms with van der Waals surface area (Å²) in [6.07, 6.45) is 0. The Labute approximate surface area is 122 Å². The molecule has 0 saturated carbocycles. The van der Waals surface area contributed by atoms with Gasteiger partial charge in [-0.25, -0.2) is 0 Å². The maximum absolute atomic E-state index is 10.7. The number of rotatable bonds is 4. The largest absolute Gasteiger partial charge is 0.393 e. The highest BCUT2D eigenvalue weighted by Gasteiger charge is 2.13. The van der Waals surface area contributed by atoms with Crippen LogP contribution in [-0.4, -0.2) is 12.0 Å². The van der Waals surface area contributed by atoms with Gasteiger partial charge in [0.05, 0.1) is 11.5 Å². The van der Waals surface area contributed by atoms with Gasteiger partial charge in [-0.2, -0.15) is 0 Å². The van der Waals surface area contributed by atoms with E-state index in [0.29, 0.717) is 0 Å². The third-order valence-corrected chi connectivity index (χ3v) is 4.35. The Morgan fingerprint density at radius 3 is 2.74 bits per heavy atom. The second-order valence-electron chi connectivity index (χ2n) is 4.09. The molecule has 0 radical (unpaired) electrons. The van der Waals surface area contributed by atoms with Gasteiger partial charge in [0.1, 0.15) is 5.69 Å². The molecule has 1 heterocycles. The average Bonchev–Trinajstić information content (AvgIpc) is 2.74. The van der Waals surface area contributed by atoms with Crippen molar-refractivity contribution in [3.05, 3.63) is 49.1 Å². The molecule has 2 rings (SSSR count). The van der Waals surface area contributed by atoms with Crippen molar-refractivity contribution < 1.29 is 4.92 Å². The summed E-state index contributed by atoms with van der Waals surface area (Å²) in [4.78, 5) is 13.4. The Hall–Kier alpha value is -1.60. The fraction of sp³-hybridized carbons (Fsp3) is 0.167. The molecule has 2 N–H and O–H groups in total. The first kappa shape index (κ1) is 13.8. The number of nitrogens with two attached hydrogens (primary N) is 1. The van der Waals surface area contributed by atoms with Crippen LogP contribution in [0.1, 0.15) is 4.88 Å². The van der Waals surface area contributed by atoms with E-state index >= 15 is 0 Å². The van der Waals surface area contributed by atoms with Crippen LogP contribution in [0.5, 0.6) is 0 Å². The summed E-state index contributed by atoms with van der Waals surface area (Å²) in [6.45, 7) is 0.730. The van der Waals surface area contributed by atoms with Gasteiger partial charge in [-0.1, -0.05) is 0 Å². The zero-order valence-corrected chi connectivity index (χ0v) is 12.6. The minimum Gasteiger partial charge on any atom is -0.393 e. The number of nitrogen functional groups attached to an aromatic ring is 1. The second-order valence-corrected chi connectivity index (χ2v) is 6.00. The van der Waals surface area contributed by atoms with Crippen LogP contribution < -0.4 is 10.6 Å². The third kappa shape index (κ3) is 3.24. The number of thiophene rings is 1. The molecule has 0 fully saturated rings. The molecular formula is C12H12BrN3O2S. The van der Waals surface area contributed by atoms with E-state index in [1.54, 1.807) is 23.5 Å². The van der Waals surface area contributed by atoms with E-state index in [2.05, 4.69) is 22.0 Å².